The first-order valence-electron chi connectivity index (χ1n) is 4.90. The third-order valence-corrected chi connectivity index (χ3v) is 2.37. The predicted molar refractivity (Wildman–Crippen MR) is 71.6 cm³/mol. The molecule has 0 saturated carbocycles. The van der Waals surface area contributed by atoms with Crippen molar-refractivity contribution in [1.29, 1.82) is 0 Å². The number of alkyl halides is 3. The van der Waals surface area contributed by atoms with Crippen LogP contribution in [0.25, 0.3) is 5.57 Å². The molecule has 0 radical (unpaired) electrons. The zero-order chi connectivity index (χ0) is 12.2. The lowest BCUT2D eigenvalue weighted by Crippen LogP contribution is -2.02. The Hall–Kier alpha value is -0.370. The molecule has 0 aliphatic carbocycles. The van der Waals surface area contributed by atoms with Gasteiger partial charge in [-0.05, 0) is 30.2 Å². The maximum Gasteiger partial charge on any atom is 0.194 e. The summed E-state index contributed by atoms with van der Waals surface area (Å²) < 4.78 is 4.08. The molecule has 0 N–H and O–H groups in total. The Morgan fingerprint density at radius 3 is 2.62 bits per heavy atom. The Labute approximate surface area is 111 Å². The topological polar surface area (TPSA) is 9.23 Å². The van der Waals surface area contributed by atoms with Gasteiger partial charge in [-0.1, -0.05) is 53.5 Å². The summed E-state index contributed by atoms with van der Waals surface area (Å²) in [5.74, 6) is 0.797. The second kappa shape index (κ2) is 5.81. The average molecular weight is 280 g/mol. The van der Waals surface area contributed by atoms with Crippen LogP contribution < -0.4 is 4.74 Å². The molecule has 1 aromatic carbocycles. The first kappa shape index (κ1) is 13.7. The molecule has 0 bridgehead atoms. The molecule has 0 unspecified atom stereocenters. The van der Waals surface area contributed by atoms with Crippen LogP contribution in [-0.4, -0.2) is 10.4 Å². The van der Waals surface area contributed by atoms with E-state index in [0.29, 0.717) is 13.0 Å². The summed E-state index contributed by atoms with van der Waals surface area (Å²) in [5, 5.41) is 0. The van der Waals surface area contributed by atoms with Gasteiger partial charge < -0.3 is 4.74 Å². The van der Waals surface area contributed by atoms with Crippen molar-refractivity contribution in [2.45, 2.75) is 17.1 Å². The first-order chi connectivity index (χ1) is 7.42. The molecule has 0 aliphatic heterocycles. The van der Waals surface area contributed by atoms with E-state index in [1.807, 2.05) is 31.2 Å². The van der Waals surface area contributed by atoms with Gasteiger partial charge >= 0.3 is 0 Å². The largest absolute Gasteiger partial charge is 0.494 e. The van der Waals surface area contributed by atoms with E-state index < -0.39 is 3.79 Å². The minimum Gasteiger partial charge on any atom is -0.494 e. The average Bonchev–Trinajstić information content (AvgIpc) is 2.16. The second-order valence-corrected chi connectivity index (χ2v) is 5.87. The van der Waals surface area contributed by atoms with Crippen molar-refractivity contribution in [2.75, 3.05) is 6.61 Å². The highest BCUT2D eigenvalue weighted by Crippen LogP contribution is 2.36. The monoisotopic (exact) mass is 278 g/mol. The number of benzene rings is 1. The summed E-state index contributed by atoms with van der Waals surface area (Å²) >= 11 is 17.2. The van der Waals surface area contributed by atoms with E-state index in [2.05, 4.69) is 6.58 Å². The molecule has 4 heteroatoms. The fourth-order valence-corrected chi connectivity index (χ4v) is 1.80. The van der Waals surface area contributed by atoms with Crippen molar-refractivity contribution < 1.29 is 4.74 Å². The summed E-state index contributed by atoms with van der Waals surface area (Å²) in [6.07, 6.45) is 0.299. The third-order valence-electron chi connectivity index (χ3n) is 1.97. The normalized spacial score (nSPS) is 11.2. The van der Waals surface area contributed by atoms with E-state index in [9.17, 15) is 0 Å². The van der Waals surface area contributed by atoms with Crippen molar-refractivity contribution >= 4 is 40.4 Å². The summed E-state index contributed by atoms with van der Waals surface area (Å²) in [7, 11) is 0. The van der Waals surface area contributed by atoms with E-state index >= 15 is 0 Å². The molecule has 0 spiro atoms. The fraction of sp³-hybridized carbons (Fsp3) is 0.333. The molecule has 0 saturated heterocycles. The second-order valence-electron chi connectivity index (χ2n) is 3.36. The molecule has 0 fully saturated rings. The van der Waals surface area contributed by atoms with E-state index in [1.54, 1.807) is 0 Å². The molecule has 0 heterocycles. The Balaban J connectivity index is 2.79. The number of hydrogen-bond acceptors (Lipinski definition) is 1. The molecule has 1 aromatic rings. The number of rotatable bonds is 4. The number of halogens is 3. The highest BCUT2D eigenvalue weighted by molar-refractivity contribution is 6.67. The van der Waals surface area contributed by atoms with Gasteiger partial charge in [0.25, 0.3) is 0 Å². The molecular formula is C12H13Cl3O. The maximum atomic E-state index is 5.72. The van der Waals surface area contributed by atoms with Gasteiger partial charge in [0, 0.05) is 6.42 Å². The van der Waals surface area contributed by atoms with Gasteiger partial charge in [-0.2, -0.15) is 0 Å². The zero-order valence-corrected chi connectivity index (χ0v) is 11.2. The van der Waals surface area contributed by atoms with E-state index in [4.69, 9.17) is 39.5 Å². The molecular weight excluding hydrogens is 266 g/mol. The Morgan fingerprint density at radius 2 is 2.06 bits per heavy atom. The molecule has 88 valence electrons. The maximum absolute atomic E-state index is 5.72. The Kier molecular flexibility index (Phi) is 4.97. The molecule has 16 heavy (non-hydrogen) atoms. The van der Waals surface area contributed by atoms with Crippen LogP contribution in [0.4, 0.5) is 0 Å². The lowest BCUT2D eigenvalue weighted by atomic mass is 10.1. The smallest absolute Gasteiger partial charge is 0.194 e. The van der Waals surface area contributed by atoms with Gasteiger partial charge in [0.1, 0.15) is 5.75 Å². The van der Waals surface area contributed by atoms with E-state index in [0.717, 1.165) is 16.9 Å². The third kappa shape index (κ3) is 4.65. The van der Waals surface area contributed by atoms with Crippen LogP contribution in [-0.2, 0) is 0 Å². The van der Waals surface area contributed by atoms with Crippen molar-refractivity contribution in [3.63, 3.8) is 0 Å². The summed E-state index contributed by atoms with van der Waals surface area (Å²) in [6, 6.07) is 7.59. The zero-order valence-electron chi connectivity index (χ0n) is 8.97. The molecule has 0 aromatic heterocycles. The summed E-state index contributed by atoms with van der Waals surface area (Å²) in [6.45, 7) is 6.46. The number of ether oxygens (including phenoxy) is 1. The van der Waals surface area contributed by atoms with Crippen LogP contribution in [0.3, 0.4) is 0 Å². The molecule has 1 rings (SSSR count). The van der Waals surface area contributed by atoms with Gasteiger partial charge in [-0.3, -0.25) is 0 Å². The van der Waals surface area contributed by atoms with Crippen molar-refractivity contribution in [1.82, 2.24) is 0 Å². The first-order valence-corrected chi connectivity index (χ1v) is 6.03. The van der Waals surface area contributed by atoms with Crippen LogP contribution in [0.2, 0.25) is 0 Å². The predicted octanol–water partition coefficient (Wildman–Crippen LogP) is 4.86. The van der Waals surface area contributed by atoms with Crippen molar-refractivity contribution in [3.05, 3.63) is 36.4 Å². The van der Waals surface area contributed by atoms with Gasteiger partial charge in [0.05, 0.1) is 6.61 Å². The minimum absolute atomic E-state index is 0.299. The highest BCUT2D eigenvalue weighted by Gasteiger charge is 2.21. The number of hydrogen-bond donors (Lipinski definition) is 0. The minimum atomic E-state index is -1.31. The number of allylic oxidation sites excluding steroid dienone is 1. The van der Waals surface area contributed by atoms with Crippen LogP contribution >= 0.6 is 34.8 Å². The lowest BCUT2D eigenvalue weighted by molar-refractivity contribution is 0.340. The van der Waals surface area contributed by atoms with Gasteiger partial charge in [-0.15, -0.1) is 0 Å². The molecule has 1 nitrogen and oxygen atoms in total. The quantitative estimate of drug-likeness (QED) is 0.715. The van der Waals surface area contributed by atoms with E-state index in [-0.39, 0.29) is 0 Å². The molecule has 0 atom stereocenters. The Bertz CT molecular complexity index is 369. The molecule has 0 amide bonds. The van der Waals surface area contributed by atoms with Crippen molar-refractivity contribution in [2.24, 2.45) is 0 Å². The SMILES string of the molecule is C=C(CC(Cl)(Cl)Cl)c1cccc(OCC)c1. The van der Waals surface area contributed by atoms with Gasteiger partial charge in [0.15, 0.2) is 3.79 Å². The molecule has 0 aliphatic rings. The van der Waals surface area contributed by atoms with Crippen LogP contribution in [0.15, 0.2) is 30.8 Å². The van der Waals surface area contributed by atoms with E-state index in [1.165, 1.54) is 0 Å². The van der Waals surface area contributed by atoms with Gasteiger partial charge in [-0.25, -0.2) is 0 Å². The standard InChI is InChI=1S/C12H13Cl3O/c1-3-16-11-6-4-5-10(7-11)9(2)8-12(13,14)15/h4-7H,2-3,8H2,1H3. The van der Waals surface area contributed by atoms with Crippen LogP contribution in [0.5, 0.6) is 5.75 Å². The fourth-order valence-electron chi connectivity index (χ4n) is 1.32. The summed E-state index contributed by atoms with van der Waals surface area (Å²) in [4.78, 5) is 0. The van der Waals surface area contributed by atoms with Crippen molar-refractivity contribution in [3.8, 4) is 5.75 Å². The summed E-state index contributed by atoms with van der Waals surface area (Å²) in [5.41, 5.74) is 1.71. The van der Waals surface area contributed by atoms with Crippen LogP contribution in [0.1, 0.15) is 18.9 Å². The van der Waals surface area contributed by atoms with Gasteiger partial charge in [0.2, 0.25) is 0 Å². The van der Waals surface area contributed by atoms with Crippen LogP contribution in [0, 0.1) is 0 Å². The lowest BCUT2D eigenvalue weighted by Gasteiger charge is -2.13. The highest BCUT2D eigenvalue weighted by atomic mass is 35.6. The Morgan fingerprint density at radius 1 is 1.38 bits per heavy atom.